The lowest BCUT2D eigenvalue weighted by Gasteiger charge is -2.21. The Hall–Kier alpha value is -1.88. The smallest absolute Gasteiger partial charge is 0.206 e. The summed E-state index contributed by atoms with van der Waals surface area (Å²) in [6.45, 7) is 0.734. The molecule has 1 N–H and O–H groups in total. The predicted molar refractivity (Wildman–Crippen MR) is 54.8 cm³/mol. The van der Waals surface area contributed by atoms with E-state index in [0.717, 1.165) is 0 Å². The Morgan fingerprint density at radius 3 is 1.84 bits per heavy atom. The van der Waals surface area contributed by atoms with E-state index in [-0.39, 0.29) is 0 Å². The molecule has 0 aliphatic rings. The first kappa shape index (κ1) is 15.2. The molecule has 0 bridgehead atoms. The lowest BCUT2D eigenvalue weighted by atomic mass is 10.1. The van der Waals surface area contributed by atoms with E-state index in [1.807, 2.05) is 0 Å². The van der Waals surface area contributed by atoms with Crippen LogP contribution < -0.4 is 10.1 Å². The third-order valence-corrected chi connectivity index (χ3v) is 2.47. The van der Waals surface area contributed by atoms with Crippen LogP contribution in [-0.2, 0) is 0 Å². The molecule has 0 aliphatic heterocycles. The fraction of sp³-hybridized carbons (Fsp3) is 0.364. The number of hydrogen-bond donors (Lipinski definition) is 1. The Morgan fingerprint density at radius 1 is 1.05 bits per heavy atom. The van der Waals surface area contributed by atoms with Crippen molar-refractivity contribution in [2.24, 2.45) is 0 Å². The van der Waals surface area contributed by atoms with E-state index in [9.17, 15) is 22.0 Å². The highest BCUT2D eigenvalue weighted by molar-refractivity contribution is 5.30. The van der Waals surface area contributed by atoms with Gasteiger partial charge in [0.25, 0.3) is 0 Å². The number of hydrogen-bond acceptors (Lipinski definition) is 3. The summed E-state index contributed by atoms with van der Waals surface area (Å²) in [4.78, 5) is 0. The second-order valence-corrected chi connectivity index (χ2v) is 3.88. The lowest BCUT2D eigenvalue weighted by Crippen LogP contribution is -2.44. The quantitative estimate of drug-likeness (QED) is 0.523. The molecule has 3 nitrogen and oxygen atoms in total. The minimum absolute atomic E-state index is 0.599. The first-order valence-corrected chi connectivity index (χ1v) is 5.01. The van der Waals surface area contributed by atoms with E-state index in [0.29, 0.717) is 0 Å². The summed E-state index contributed by atoms with van der Waals surface area (Å²) >= 11 is 0. The minimum atomic E-state index is -2.26. The predicted octanol–water partition coefficient (Wildman–Crippen LogP) is 2.26. The summed E-state index contributed by atoms with van der Waals surface area (Å²) in [6.07, 6.45) is 0. The number of benzene rings is 1. The van der Waals surface area contributed by atoms with E-state index in [2.05, 4.69) is 10.1 Å². The molecule has 1 atom stereocenters. The average molecular weight is 280 g/mol. The fourth-order valence-electron chi connectivity index (χ4n) is 1.09. The van der Waals surface area contributed by atoms with Crippen LogP contribution >= 0.6 is 0 Å². The summed E-state index contributed by atoms with van der Waals surface area (Å²) in [7, 11) is 1.38. The van der Waals surface area contributed by atoms with Crippen molar-refractivity contribution in [1.29, 1.82) is 5.26 Å². The summed E-state index contributed by atoms with van der Waals surface area (Å²) in [6, 6.07) is 1.74. The number of nitrogens with one attached hydrogen (secondary N) is 1. The summed E-state index contributed by atoms with van der Waals surface area (Å²) in [5, 5.41) is 11.3. The van der Waals surface area contributed by atoms with Crippen LogP contribution in [0.15, 0.2) is 0 Å². The van der Waals surface area contributed by atoms with E-state index < -0.39 is 47.0 Å². The topological polar surface area (TPSA) is 45.0 Å². The van der Waals surface area contributed by atoms with Crippen LogP contribution in [0.5, 0.6) is 5.75 Å². The molecule has 19 heavy (non-hydrogen) atoms. The highest BCUT2D eigenvalue weighted by atomic mass is 19.2. The molecule has 0 saturated carbocycles. The maximum absolute atomic E-state index is 13.2. The maximum atomic E-state index is 13.2. The van der Waals surface area contributed by atoms with Crippen molar-refractivity contribution < 1.29 is 26.7 Å². The number of halogens is 5. The van der Waals surface area contributed by atoms with Crippen LogP contribution in [0.25, 0.3) is 0 Å². The van der Waals surface area contributed by atoms with Crippen molar-refractivity contribution in [2.45, 2.75) is 12.5 Å². The zero-order valence-electron chi connectivity index (χ0n) is 9.95. The Labute approximate surface area is 105 Å². The molecule has 0 radical (unpaired) electrons. The van der Waals surface area contributed by atoms with Crippen molar-refractivity contribution >= 4 is 0 Å². The van der Waals surface area contributed by atoms with Crippen molar-refractivity contribution in [3.63, 3.8) is 0 Å². The molecule has 0 aliphatic carbocycles. The fourth-order valence-corrected chi connectivity index (χ4v) is 1.09. The van der Waals surface area contributed by atoms with Gasteiger partial charge in [0, 0.05) is 0 Å². The van der Waals surface area contributed by atoms with Crippen LogP contribution in [0.1, 0.15) is 6.92 Å². The maximum Gasteiger partial charge on any atom is 0.206 e. The number of nitriles is 1. The van der Waals surface area contributed by atoms with Crippen LogP contribution in [0, 0.1) is 40.4 Å². The van der Waals surface area contributed by atoms with Crippen LogP contribution in [-0.4, -0.2) is 19.2 Å². The van der Waals surface area contributed by atoms with Gasteiger partial charge in [0.15, 0.2) is 5.75 Å². The van der Waals surface area contributed by atoms with Gasteiger partial charge in [-0.25, -0.2) is 13.2 Å². The minimum Gasteiger partial charge on any atom is -0.484 e. The first-order chi connectivity index (χ1) is 8.77. The van der Waals surface area contributed by atoms with Gasteiger partial charge in [-0.2, -0.15) is 14.0 Å². The number of rotatable bonds is 4. The highest BCUT2D eigenvalue weighted by Gasteiger charge is 2.29. The largest absolute Gasteiger partial charge is 0.484 e. The highest BCUT2D eigenvalue weighted by Crippen LogP contribution is 2.29. The van der Waals surface area contributed by atoms with Crippen molar-refractivity contribution in [3.8, 4) is 11.8 Å². The normalized spacial score (nSPS) is 13.8. The Morgan fingerprint density at radius 2 is 1.47 bits per heavy atom. The molecular formula is C11H9F5N2O. The zero-order chi connectivity index (χ0) is 14.8. The third kappa shape index (κ3) is 2.76. The van der Waals surface area contributed by atoms with Crippen molar-refractivity contribution in [1.82, 2.24) is 5.32 Å². The summed E-state index contributed by atoms with van der Waals surface area (Å²) < 4.78 is 69.5. The summed E-state index contributed by atoms with van der Waals surface area (Å²) in [5.74, 6) is -12.0. The average Bonchev–Trinajstić information content (AvgIpc) is 2.42. The second kappa shape index (κ2) is 5.40. The van der Waals surface area contributed by atoms with Crippen molar-refractivity contribution in [2.75, 3.05) is 13.7 Å². The van der Waals surface area contributed by atoms with Gasteiger partial charge in [0.05, 0.1) is 6.07 Å². The standard InChI is InChI=1S/C11H9F5N2O/c1-11(3-17,18-2)4-19-10-8(15)6(13)5(12)7(14)9(10)16/h18H,4H2,1-2H3. The van der Waals surface area contributed by atoms with Crippen molar-refractivity contribution in [3.05, 3.63) is 29.1 Å². The van der Waals surface area contributed by atoms with Gasteiger partial charge in [-0.1, -0.05) is 0 Å². The van der Waals surface area contributed by atoms with E-state index in [1.54, 1.807) is 6.07 Å². The van der Waals surface area contributed by atoms with Crippen LogP contribution in [0.3, 0.4) is 0 Å². The second-order valence-electron chi connectivity index (χ2n) is 3.88. The molecule has 1 aromatic rings. The molecule has 8 heteroatoms. The molecule has 0 amide bonds. The van der Waals surface area contributed by atoms with Gasteiger partial charge >= 0.3 is 0 Å². The van der Waals surface area contributed by atoms with Gasteiger partial charge in [-0.15, -0.1) is 0 Å². The molecule has 0 heterocycles. The molecule has 0 fully saturated rings. The van der Waals surface area contributed by atoms with E-state index in [1.165, 1.54) is 14.0 Å². The van der Waals surface area contributed by atoms with E-state index in [4.69, 9.17) is 5.26 Å². The monoisotopic (exact) mass is 280 g/mol. The Kier molecular flexibility index (Phi) is 4.32. The summed E-state index contributed by atoms with van der Waals surface area (Å²) in [5.41, 5.74) is -1.33. The SMILES string of the molecule is CNC(C)(C#N)COc1c(F)c(F)c(F)c(F)c1F. The van der Waals surface area contributed by atoms with Gasteiger partial charge in [-0.3, -0.25) is 5.32 Å². The molecule has 1 unspecified atom stereocenters. The first-order valence-electron chi connectivity index (χ1n) is 5.01. The van der Waals surface area contributed by atoms with Crippen LogP contribution in [0.2, 0.25) is 0 Å². The van der Waals surface area contributed by atoms with Gasteiger partial charge in [0.1, 0.15) is 12.1 Å². The van der Waals surface area contributed by atoms with Gasteiger partial charge < -0.3 is 4.74 Å². The number of nitrogens with zero attached hydrogens (tertiary/aromatic N) is 1. The van der Waals surface area contributed by atoms with Crippen LogP contribution in [0.4, 0.5) is 22.0 Å². The van der Waals surface area contributed by atoms with Gasteiger partial charge in [-0.05, 0) is 14.0 Å². The lowest BCUT2D eigenvalue weighted by molar-refractivity contribution is 0.213. The molecule has 1 aromatic carbocycles. The number of ether oxygens (including phenoxy) is 1. The zero-order valence-corrected chi connectivity index (χ0v) is 9.95. The molecular weight excluding hydrogens is 271 g/mol. The van der Waals surface area contributed by atoms with Gasteiger partial charge in [0.2, 0.25) is 29.1 Å². The third-order valence-electron chi connectivity index (χ3n) is 2.47. The van der Waals surface area contributed by atoms with E-state index >= 15 is 0 Å². The Bertz CT molecular complexity index is 514. The molecule has 1 rings (SSSR count). The Balaban J connectivity index is 3.14. The molecule has 0 aromatic heterocycles. The molecule has 0 saturated heterocycles. The molecule has 0 spiro atoms. The molecule has 104 valence electrons. The number of likely N-dealkylation sites (N-methyl/N-ethyl adjacent to an activating group) is 1.